The second-order valence-corrected chi connectivity index (χ2v) is 6.21. The number of nitrogens with zero attached hydrogens (tertiary/aromatic N) is 2. The van der Waals surface area contributed by atoms with E-state index in [4.69, 9.17) is 5.11 Å². The molecule has 2 aromatic rings. The van der Waals surface area contributed by atoms with Crippen molar-refractivity contribution >= 4 is 17.6 Å². The summed E-state index contributed by atoms with van der Waals surface area (Å²) in [6.45, 7) is 1.87. The zero-order valence-corrected chi connectivity index (χ0v) is 14.2. The number of amides is 1. The number of anilines is 1. The van der Waals surface area contributed by atoms with E-state index in [0.717, 1.165) is 12.1 Å². The molecule has 5 nitrogen and oxygen atoms in total. The van der Waals surface area contributed by atoms with Crippen LogP contribution in [0.2, 0.25) is 0 Å². The summed E-state index contributed by atoms with van der Waals surface area (Å²) in [5, 5.41) is 8.90. The Morgan fingerprint density at radius 3 is 1.81 bits per heavy atom. The molecule has 1 fully saturated rings. The summed E-state index contributed by atoms with van der Waals surface area (Å²) in [7, 11) is 0. The molecular formula is C19H17F3N2O3. The number of carboxylic acid groups (broad SMARTS) is 1. The highest BCUT2D eigenvalue weighted by Gasteiger charge is 2.30. The zero-order valence-electron chi connectivity index (χ0n) is 14.2. The van der Waals surface area contributed by atoms with Gasteiger partial charge in [-0.15, -0.1) is 0 Å². The van der Waals surface area contributed by atoms with Gasteiger partial charge in [-0.25, -0.2) is 4.79 Å². The second kappa shape index (κ2) is 7.30. The number of hydrogen-bond acceptors (Lipinski definition) is 3. The largest absolute Gasteiger partial charge is 0.478 e. The molecule has 0 unspecified atom stereocenters. The van der Waals surface area contributed by atoms with E-state index in [1.54, 1.807) is 4.90 Å². The molecule has 8 heteroatoms. The van der Waals surface area contributed by atoms with Crippen LogP contribution in [-0.2, 0) is 6.18 Å². The molecule has 1 heterocycles. The standard InChI is InChI=1S/C19H17F3N2O3/c20-19(21,22)15-5-7-16(8-6-15)23-9-11-24(12-10-23)17(25)13-1-3-14(4-2-13)18(26)27/h1-8H,9-12H2,(H,26,27). The van der Waals surface area contributed by atoms with Gasteiger partial charge in [-0.2, -0.15) is 13.2 Å². The van der Waals surface area contributed by atoms with Crippen LogP contribution in [0, 0.1) is 0 Å². The lowest BCUT2D eigenvalue weighted by Gasteiger charge is -2.36. The lowest BCUT2D eigenvalue weighted by molar-refractivity contribution is -0.137. The predicted molar refractivity (Wildman–Crippen MR) is 93.0 cm³/mol. The van der Waals surface area contributed by atoms with Gasteiger partial charge >= 0.3 is 12.1 Å². The molecule has 0 aromatic heterocycles. The van der Waals surface area contributed by atoms with E-state index in [1.807, 2.05) is 4.90 Å². The second-order valence-electron chi connectivity index (χ2n) is 6.21. The number of piperazine rings is 1. The van der Waals surface area contributed by atoms with Crippen molar-refractivity contribution in [2.45, 2.75) is 6.18 Å². The summed E-state index contributed by atoms with van der Waals surface area (Å²) in [4.78, 5) is 27.0. The quantitative estimate of drug-likeness (QED) is 0.890. The Labute approximate surface area is 153 Å². The third kappa shape index (κ3) is 4.21. The van der Waals surface area contributed by atoms with Crippen LogP contribution in [0.3, 0.4) is 0 Å². The highest BCUT2D eigenvalue weighted by molar-refractivity contribution is 5.96. The summed E-state index contributed by atoms with van der Waals surface area (Å²) >= 11 is 0. The summed E-state index contributed by atoms with van der Waals surface area (Å²) in [5.41, 5.74) is 0.507. The number of benzene rings is 2. The topological polar surface area (TPSA) is 60.9 Å². The Kier molecular flexibility index (Phi) is 5.07. The lowest BCUT2D eigenvalue weighted by atomic mass is 10.1. The molecule has 0 spiro atoms. The SMILES string of the molecule is O=C(O)c1ccc(C(=O)N2CCN(c3ccc(C(F)(F)F)cc3)CC2)cc1. The van der Waals surface area contributed by atoms with Crippen LogP contribution in [0.25, 0.3) is 0 Å². The number of rotatable bonds is 3. The van der Waals surface area contributed by atoms with Crippen LogP contribution in [-0.4, -0.2) is 48.1 Å². The van der Waals surface area contributed by atoms with Crippen LogP contribution in [0.4, 0.5) is 18.9 Å². The minimum Gasteiger partial charge on any atom is -0.478 e. The van der Waals surface area contributed by atoms with Gasteiger partial charge in [-0.05, 0) is 48.5 Å². The van der Waals surface area contributed by atoms with Gasteiger partial charge in [0, 0.05) is 37.4 Å². The van der Waals surface area contributed by atoms with Gasteiger partial charge in [0.2, 0.25) is 0 Å². The van der Waals surface area contributed by atoms with Crippen molar-refractivity contribution in [1.29, 1.82) is 0 Å². The lowest BCUT2D eigenvalue weighted by Crippen LogP contribution is -2.48. The van der Waals surface area contributed by atoms with Gasteiger partial charge in [0.1, 0.15) is 0 Å². The summed E-state index contributed by atoms with van der Waals surface area (Å²) in [5.74, 6) is -1.25. The Balaban J connectivity index is 1.61. The van der Waals surface area contributed by atoms with Crippen molar-refractivity contribution in [2.75, 3.05) is 31.1 Å². The van der Waals surface area contributed by atoms with Crippen LogP contribution >= 0.6 is 0 Å². The molecule has 1 aliphatic heterocycles. The molecule has 27 heavy (non-hydrogen) atoms. The minimum atomic E-state index is -4.36. The van der Waals surface area contributed by atoms with Gasteiger partial charge < -0.3 is 14.9 Å². The maximum Gasteiger partial charge on any atom is 0.416 e. The normalized spacial score (nSPS) is 14.9. The number of halogens is 3. The molecule has 3 rings (SSSR count). The number of carboxylic acids is 1. The Morgan fingerprint density at radius 2 is 1.33 bits per heavy atom. The molecular weight excluding hydrogens is 361 g/mol. The van der Waals surface area contributed by atoms with Crippen molar-refractivity contribution in [3.63, 3.8) is 0 Å². The fourth-order valence-electron chi connectivity index (χ4n) is 2.97. The Morgan fingerprint density at radius 1 is 0.815 bits per heavy atom. The van der Waals surface area contributed by atoms with Crippen LogP contribution < -0.4 is 4.90 Å². The van der Waals surface area contributed by atoms with Gasteiger partial charge in [0.25, 0.3) is 5.91 Å². The van der Waals surface area contributed by atoms with E-state index in [9.17, 15) is 22.8 Å². The van der Waals surface area contributed by atoms with E-state index in [1.165, 1.54) is 36.4 Å². The van der Waals surface area contributed by atoms with Crippen molar-refractivity contribution in [3.8, 4) is 0 Å². The molecule has 0 saturated carbocycles. The van der Waals surface area contributed by atoms with Crippen molar-refractivity contribution in [2.24, 2.45) is 0 Å². The molecule has 0 bridgehead atoms. The van der Waals surface area contributed by atoms with Gasteiger partial charge in [0.05, 0.1) is 11.1 Å². The fourth-order valence-corrected chi connectivity index (χ4v) is 2.97. The predicted octanol–water partition coefficient (Wildman–Crippen LogP) is 3.37. The highest BCUT2D eigenvalue weighted by atomic mass is 19.4. The van der Waals surface area contributed by atoms with Gasteiger partial charge in [0.15, 0.2) is 0 Å². The summed E-state index contributed by atoms with van der Waals surface area (Å²) in [6, 6.07) is 10.7. The molecule has 2 aromatic carbocycles. The van der Waals surface area contributed by atoms with Crippen molar-refractivity contribution < 1.29 is 27.9 Å². The number of hydrogen-bond donors (Lipinski definition) is 1. The van der Waals surface area contributed by atoms with Crippen LogP contribution in [0.5, 0.6) is 0 Å². The number of alkyl halides is 3. The first kappa shape index (κ1) is 18.8. The Bertz CT molecular complexity index is 825. The summed E-state index contributed by atoms with van der Waals surface area (Å²) < 4.78 is 37.9. The molecule has 1 N–H and O–H groups in total. The number of carbonyl (C=O) groups excluding carboxylic acids is 1. The third-order valence-corrected chi connectivity index (χ3v) is 4.51. The van der Waals surface area contributed by atoms with Crippen LogP contribution in [0.15, 0.2) is 48.5 Å². The molecule has 1 aliphatic rings. The van der Waals surface area contributed by atoms with Crippen molar-refractivity contribution in [3.05, 3.63) is 65.2 Å². The minimum absolute atomic E-state index is 0.110. The van der Waals surface area contributed by atoms with E-state index < -0.39 is 17.7 Å². The maximum absolute atomic E-state index is 12.6. The first-order valence-corrected chi connectivity index (χ1v) is 8.30. The average Bonchev–Trinajstić information content (AvgIpc) is 2.67. The fraction of sp³-hybridized carbons (Fsp3) is 0.263. The van der Waals surface area contributed by atoms with E-state index in [2.05, 4.69) is 0 Å². The first-order chi connectivity index (χ1) is 12.8. The molecule has 1 amide bonds. The first-order valence-electron chi connectivity index (χ1n) is 8.30. The van der Waals surface area contributed by atoms with E-state index >= 15 is 0 Å². The molecule has 142 valence electrons. The van der Waals surface area contributed by atoms with Gasteiger partial charge in [-0.3, -0.25) is 4.79 Å². The molecule has 0 radical (unpaired) electrons. The van der Waals surface area contributed by atoms with Crippen LogP contribution in [0.1, 0.15) is 26.3 Å². The van der Waals surface area contributed by atoms with E-state index in [0.29, 0.717) is 37.4 Å². The van der Waals surface area contributed by atoms with Crippen molar-refractivity contribution in [1.82, 2.24) is 4.90 Å². The maximum atomic E-state index is 12.6. The average molecular weight is 378 g/mol. The Hall–Kier alpha value is -3.03. The number of carbonyl (C=O) groups is 2. The smallest absolute Gasteiger partial charge is 0.416 e. The van der Waals surface area contributed by atoms with Gasteiger partial charge in [-0.1, -0.05) is 0 Å². The molecule has 0 atom stereocenters. The molecule has 1 saturated heterocycles. The zero-order chi connectivity index (χ0) is 19.6. The molecule has 0 aliphatic carbocycles. The highest BCUT2D eigenvalue weighted by Crippen LogP contribution is 2.30. The summed E-state index contributed by atoms with van der Waals surface area (Å²) in [6.07, 6.45) is -4.36. The van der Waals surface area contributed by atoms with E-state index in [-0.39, 0.29) is 11.5 Å². The third-order valence-electron chi connectivity index (χ3n) is 4.51. The number of aromatic carboxylic acids is 1. The monoisotopic (exact) mass is 378 g/mol.